The number of ether oxygens (including phenoxy) is 1. The van der Waals surface area contributed by atoms with Gasteiger partial charge in [0.15, 0.2) is 0 Å². The Bertz CT molecular complexity index is 1310. The van der Waals surface area contributed by atoms with E-state index in [1.54, 1.807) is 18.2 Å². The van der Waals surface area contributed by atoms with Gasteiger partial charge in [0, 0.05) is 18.0 Å². The van der Waals surface area contributed by atoms with E-state index in [4.69, 9.17) is 4.74 Å². The van der Waals surface area contributed by atoms with E-state index in [0.29, 0.717) is 17.0 Å². The van der Waals surface area contributed by atoms with Crippen molar-refractivity contribution in [2.45, 2.75) is 24.9 Å². The predicted octanol–water partition coefficient (Wildman–Crippen LogP) is 3.52. The van der Waals surface area contributed by atoms with Gasteiger partial charge in [0.05, 0.1) is 24.6 Å². The van der Waals surface area contributed by atoms with Crippen LogP contribution in [0.25, 0.3) is 0 Å². The molecule has 0 radical (unpaired) electrons. The number of amides is 2. The zero-order valence-electron chi connectivity index (χ0n) is 19.5. The molecule has 4 unspecified atom stereocenters. The first kappa shape index (κ1) is 22.8. The molecule has 2 heterocycles. The van der Waals surface area contributed by atoms with Gasteiger partial charge in [-0.1, -0.05) is 66.7 Å². The predicted molar refractivity (Wildman–Crippen MR) is 130 cm³/mol. The summed E-state index contributed by atoms with van der Waals surface area (Å²) in [6, 6.07) is 22.8. The fraction of sp³-hybridized carbons (Fsp3) is 0.250. The largest absolute Gasteiger partial charge is 0.496 e. The van der Waals surface area contributed by atoms with Gasteiger partial charge in [0.1, 0.15) is 11.3 Å². The van der Waals surface area contributed by atoms with Crippen LogP contribution in [0.4, 0.5) is 5.69 Å². The number of carboxylic acids is 1. The molecule has 2 aliphatic rings. The highest BCUT2D eigenvalue weighted by atomic mass is 16.5. The van der Waals surface area contributed by atoms with Crippen molar-refractivity contribution >= 4 is 23.5 Å². The summed E-state index contributed by atoms with van der Waals surface area (Å²) in [5.74, 6) is -3.55. The summed E-state index contributed by atoms with van der Waals surface area (Å²) < 4.78 is 5.55. The van der Waals surface area contributed by atoms with E-state index in [9.17, 15) is 19.5 Å². The summed E-state index contributed by atoms with van der Waals surface area (Å²) >= 11 is 0. The van der Waals surface area contributed by atoms with Gasteiger partial charge in [0.2, 0.25) is 11.8 Å². The zero-order valence-corrected chi connectivity index (χ0v) is 19.5. The van der Waals surface area contributed by atoms with Gasteiger partial charge in [-0.15, -0.1) is 0 Å². The molecule has 0 saturated carbocycles. The van der Waals surface area contributed by atoms with Crippen molar-refractivity contribution < 1.29 is 24.2 Å². The number of benzene rings is 3. The van der Waals surface area contributed by atoms with Crippen LogP contribution >= 0.6 is 0 Å². The number of rotatable bonds is 6. The second kappa shape index (κ2) is 8.67. The molecule has 2 N–H and O–H groups in total. The third-order valence-corrected chi connectivity index (χ3v) is 7.19. The smallest absolute Gasteiger partial charge is 0.325 e. The number of carboxylic acid groups (broad SMARTS) is 1. The number of nitrogens with zero attached hydrogens (tertiary/aromatic N) is 1. The van der Waals surface area contributed by atoms with Crippen LogP contribution in [0.15, 0.2) is 78.9 Å². The number of methoxy groups -OCH3 is 1. The molecule has 5 rings (SSSR count). The minimum absolute atomic E-state index is 0.0522. The molecule has 2 fully saturated rings. The number of fused-ring (bicyclic) bond motifs is 1. The van der Waals surface area contributed by atoms with Gasteiger partial charge >= 0.3 is 5.97 Å². The Balaban J connectivity index is 1.70. The Kier molecular flexibility index (Phi) is 5.65. The lowest BCUT2D eigenvalue weighted by atomic mass is 9.76. The fourth-order valence-electron chi connectivity index (χ4n) is 5.60. The van der Waals surface area contributed by atoms with E-state index < -0.39 is 41.2 Å². The summed E-state index contributed by atoms with van der Waals surface area (Å²) in [7, 11) is 1.53. The van der Waals surface area contributed by atoms with Crippen molar-refractivity contribution in [1.82, 2.24) is 5.32 Å². The lowest BCUT2D eigenvalue weighted by Crippen LogP contribution is -2.57. The number of hydrogen-bond acceptors (Lipinski definition) is 5. The maximum Gasteiger partial charge on any atom is 0.325 e. The van der Waals surface area contributed by atoms with Crippen molar-refractivity contribution in [2.75, 3.05) is 12.0 Å². The standard InChI is InChI=1S/C28H26N2O5/c1-17-10-6-8-14-20(17)30-25(31)22-23(26(30)32)28(27(33)34,16-18-11-4-3-5-12-18)29-24(22)19-13-7-9-15-21(19)35-2/h3-15,22-24,29H,16H2,1-2H3,(H,33,34). The van der Waals surface area contributed by atoms with Crippen LogP contribution < -0.4 is 15.0 Å². The Labute approximate surface area is 203 Å². The molecule has 178 valence electrons. The Hall–Kier alpha value is -3.97. The third-order valence-electron chi connectivity index (χ3n) is 7.19. The van der Waals surface area contributed by atoms with Crippen LogP contribution in [0.1, 0.15) is 22.7 Å². The first-order valence-corrected chi connectivity index (χ1v) is 11.5. The highest BCUT2D eigenvalue weighted by Gasteiger charge is 2.69. The third kappa shape index (κ3) is 3.51. The van der Waals surface area contributed by atoms with Crippen molar-refractivity contribution in [1.29, 1.82) is 0 Å². The summed E-state index contributed by atoms with van der Waals surface area (Å²) in [6.45, 7) is 1.83. The van der Waals surface area contributed by atoms with E-state index in [1.165, 1.54) is 12.0 Å². The molecule has 4 atom stereocenters. The SMILES string of the molecule is COc1ccccc1C1NC(Cc2ccccc2)(C(=O)O)C2C(=O)N(c3ccccc3C)C(=O)C12. The summed E-state index contributed by atoms with van der Waals surface area (Å²) in [5, 5.41) is 13.8. The molecule has 2 aliphatic heterocycles. The minimum Gasteiger partial charge on any atom is -0.496 e. The second-order valence-electron chi connectivity index (χ2n) is 9.10. The molecule has 3 aromatic carbocycles. The molecule has 7 nitrogen and oxygen atoms in total. The van der Waals surface area contributed by atoms with E-state index in [2.05, 4.69) is 5.32 Å². The number of carbonyl (C=O) groups excluding carboxylic acids is 2. The maximum absolute atomic E-state index is 14.0. The minimum atomic E-state index is -1.68. The van der Waals surface area contributed by atoms with Crippen LogP contribution in [0.2, 0.25) is 0 Å². The molecule has 0 bridgehead atoms. The first-order chi connectivity index (χ1) is 16.9. The van der Waals surface area contributed by atoms with Crippen LogP contribution in [-0.2, 0) is 20.8 Å². The van der Waals surface area contributed by atoms with E-state index in [-0.39, 0.29) is 6.42 Å². The average molecular weight is 471 g/mol. The molecule has 3 aromatic rings. The van der Waals surface area contributed by atoms with Crippen molar-refractivity contribution in [3.05, 3.63) is 95.6 Å². The number of aliphatic carboxylic acids is 1. The van der Waals surface area contributed by atoms with Crippen LogP contribution in [0, 0.1) is 18.8 Å². The lowest BCUT2D eigenvalue weighted by molar-refractivity contribution is -0.148. The second-order valence-corrected chi connectivity index (χ2v) is 9.10. The molecule has 35 heavy (non-hydrogen) atoms. The number of carbonyl (C=O) groups is 3. The number of nitrogens with one attached hydrogen (secondary N) is 1. The number of imide groups is 1. The normalized spacial score (nSPS) is 25.5. The van der Waals surface area contributed by atoms with E-state index >= 15 is 0 Å². The number of hydrogen-bond donors (Lipinski definition) is 2. The Morgan fingerprint density at radius 2 is 1.63 bits per heavy atom. The highest BCUT2D eigenvalue weighted by molar-refractivity contribution is 6.24. The Morgan fingerprint density at radius 1 is 0.971 bits per heavy atom. The van der Waals surface area contributed by atoms with Crippen LogP contribution in [-0.4, -0.2) is 35.5 Å². The van der Waals surface area contributed by atoms with Crippen molar-refractivity contribution in [2.24, 2.45) is 11.8 Å². The topological polar surface area (TPSA) is 95.9 Å². The zero-order chi connectivity index (χ0) is 24.7. The fourth-order valence-corrected chi connectivity index (χ4v) is 5.60. The van der Waals surface area contributed by atoms with Gasteiger partial charge < -0.3 is 9.84 Å². The van der Waals surface area contributed by atoms with Crippen molar-refractivity contribution in [3.63, 3.8) is 0 Å². The van der Waals surface area contributed by atoms with Crippen LogP contribution in [0.5, 0.6) is 5.75 Å². The van der Waals surface area contributed by atoms with Gasteiger partial charge in [-0.25, -0.2) is 4.90 Å². The number of para-hydroxylation sites is 2. The molecule has 7 heteroatoms. The molecular formula is C28H26N2O5. The van der Waals surface area contributed by atoms with Crippen molar-refractivity contribution in [3.8, 4) is 5.75 Å². The van der Waals surface area contributed by atoms with E-state index in [0.717, 1.165) is 11.1 Å². The summed E-state index contributed by atoms with van der Waals surface area (Å²) in [5.41, 5.74) is 0.974. The van der Waals surface area contributed by atoms with Gasteiger partial charge in [-0.05, 0) is 30.2 Å². The molecular weight excluding hydrogens is 444 g/mol. The summed E-state index contributed by atoms with van der Waals surface area (Å²) in [4.78, 5) is 42.1. The average Bonchev–Trinajstić information content (AvgIpc) is 3.34. The summed E-state index contributed by atoms with van der Waals surface area (Å²) in [6.07, 6.45) is 0.0522. The monoisotopic (exact) mass is 470 g/mol. The molecule has 0 aromatic heterocycles. The van der Waals surface area contributed by atoms with Gasteiger partial charge in [-0.3, -0.25) is 19.7 Å². The molecule has 2 saturated heterocycles. The Morgan fingerprint density at radius 3 is 2.31 bits per heavy atom. The van der Waals surface area contributed by atoms with Gasteiger partial charge in [-0.2, -0.15) is 0 Å². The highest BCUT2D eigenvalue weighted by Crippen LogP contribution is 2.52. The molecule has 2 amide bonds. The van der Waals surface area contributed by atoms with E-state index in [1.807, 2.05) is 67.6 Å². The lowest BCUT2D eigenvalue weighted by Gasteiger charge is -2.31. The van der Waals surface area contributed by atoms with Crippen LogP contribution in [0.3, 0.4) is 0 Å². The first-order valence-electron chi connectivity index (χ1n) is 11.5. The number of aryl methyl sites for hydroxylation is 1. The number of anilines is 1. The maximum atomic E-state index is 14.0. The quantitative estimate of drug-likeness (QED) is 0.535. The molecule has 0 aliphatic carbocycles. The molecule has 0 spiro atoms. The van der Waals surface area contributed by atoms with Gasteiger partial charge in [0.25, 0.3) is 0 Å².